The van der Waals surface area contributed by atoms with Gasteiger partial charge in [0.25, 0.3) is 0 Å². The van der Waals surface area contributed by atoms with Crippen LogP contribution in [-0.2, 0) is 0 Å². The van der Waals surface area contributed by atoms with Gasteiger partial charge in [0.05, 0.1) is 0 Å². The van der Waals surface area contributed by atoms with Gasteiger partial charge in [-0.3, -0.25) is 0 Å². The molecule has 0 N–H and O–H groups in total. The van der Waals surface area contributed by atoms with Gasteiger partial charge in [-0.2, -0.15) is 0 Å². The van der Waals surface area contributed by atoms with Crippen LogP contribution in [0.15, 0.2) is 0 Å². The average Bonchev–Trinajstić information content (AvgIpc) is 2.25. The zero-order chi connectivity index (χ0) is 10.2. The van der Waals surface area contributed by atoms with E-state index < -0.39 is 0 Å². The van der Waals surface area contributed by atoms with Crippen LogP contribution in [0.5, 0.6) is 0 Å². The van der Waals surface area contributed by atoms with Crippen molar-refractivity contribution in [1.82, 2.24) is 4.90 Å². The first-order valence-corrected chi connectivity index (χ1v) is 7.27. The minimum atomic E-state index is 1.02. The highest BCUT2D eigenvalue weighted by molar-refractivity contribution is 9.09. The van der Waals surface area contributed by atoms with E-state index in [0.717, 1.165) is 5.92 Å². The van der Waals surface area contributed by atoms with Crippen molar-refractivity contribution in [2.24, 2.45) is 5.92 Å². The van der Waals surface area contributed by atoms with Crippen molar-refractivity contribution in [1.29, 1.82) is 0 Å². The Hall–Kier alpha value is 0.440. The highest BCUT2D eigenvalue weighted by Crippen LogP contribution is 2.20. The second kappa shape index (κ2) is 7.70. The molecule has 14 heavy (non-hydrogen) atoms. The molecule has 2 heteroatoms. The lowest BCUT2D eigenvalue weighted by Gasteiger charge is -2.31. The van der Waals surface area contributed by atoms with Gasteiger partial charge in [0, 0.05) is 5.33 Å². The number of piperidine rings is 1. The molecule has 0 saturated carbocycles. The van der Waals surface area contributed by atoms with E-state index in [2.05, 4.69) is 27.8 Å². The van der Waals surface area contributed by atoms with Crippen LogP contribution in [0, 0.1) is 5.92 Å². The Morgan fingerprint density at radius 1 is 1.14 bits per heavy atom. The Morgan fingerprint density at radius 2 is 1.86 bits per heavy atom. The topological polar surface area (TPSA) is 3.24 Å². The molecule has 0 bridgehead atoms. The van der Waals surface area contributed by atoms with Crippen molar-refractivity contribution >= 4 is 15.9 Å². The van der Waals surface area contributed by atoms with Crippen LogP contribution in [0.1, 0.15) is 45.4 Å². The second-order valence-corrected chi connectivity index (χ2v) is 5.24. The van der Waals surface area contributed by atoms with Crippen LogP contribution < -0.4 is 0 Å². The molecule has 0 aromatic carbocycles. The molecule has 0 spiro atoms. The molecule has 0 aliphatic carbocycles. The van der Waals surface area contributed by atoms with Crippen LogP contribution in [-0.4, -0.2) is 29.9 Å². The first kappa shape index (κ1) is 12.5. The number of unbranched alkanes of at least 4 members (excludes halogenated alkanes) is 2. The molecule has 1 nitrogen and oxygen atoms in total. The first-order chi connectivity index (χ1) is 6.86. The van der Waals surface area contributed by atoms with Crippen LogP contribution in [0.2, 0.25) is 0 Å². The third kappa shape index (κ3) is 4.79. The summed E-state index contributed by atoms with van der Waals surface area (Å²) < 4.78 is 0. The van der Waals surface area contributed by atoms with Gasteiger partial charge >= 0.3 is 0 Å². The third-order valence-electron chi connectivity index (χ3n) is 3.39. The average molecular weight is 262 g/mol. The van der Waals surface area contributed by atoms with E-state index in [0.29, 0.717) is 0 Å². The fourth-order valence-corrected chi connectivity index (χ4v) is 2.62. The molecule has 0 aromatic heterocycles. The molecule has 1 heterocycles. The quantitative estimate of drug-likeness (QED) is 0.521. The molecule has 0 aromatic rings. The maximum absolute atomic E-state index is 3.48. The molecule has 0 atom stereocenters. The zero-order valence-corrected chi connectivity index (χ0v) is 11.1. The van der Waals surface area contributed by atoms with E-state index >= 15 is 0 Å². The molecule has 1 aliphatic heterocycles. The van der Waals surface area contributed by atoms with Crippen molar-refractivity contribution in [3.63, 3.8) is 0 Å². The molecule has 1 rings (SSSR count). The Morgan fingerprint density at radius 3 is 2.43 bits per heavy atom. The normalized spacial score (nSPS) is 20.1. The lowest BCUT2D eigenvalue weighted by atomic mass is 9.94. The zero-order valence-electron chi connectivity index (χ0n) is 9.47. The molecular weight excluding hydrogens is 238 g/mol. The van der Waals surface area contributed by atoms with E-state index in [1.54, 1.807) is 0 Å². The fraction of sp³-hybridized carbons (Fsp3) is 1.00. The summed E-state index contributed by atoms with van der Waals surface area (Å²) in [5.74, 6) is 1.02. The Labute approximate surface area is 97.4 Å². The molecule has 1 aliphatic rings. The number of hydrogen-bond acceptors (Lipinski definition) is 1. The van der Waals surface area contributed by atoms with Crippen molar-refractivity contribution < 1.29 is 0 Å². The van der Waals surface area contributed by atoms with E-state index in [4.69, 9.17) is 0 Å². The largest absolute Gasteiger partial charge is 0.303 e. The number of nitrogens with zero attached hydrogens (tertiary/aromatic N) is 1. The van der Waals surface area contributed by atoms with Crippen LogP contribution in [0.4, 0.5) is 0 Å². The van der Waals surface area contributed by atoms with E-state index in [9.17, 15) is 0 Å². The number of halogens is 1. The fourth-order valence-electron chi connectivity index (χ4n) is 2.22. The number of hydrogen-bond donors (Lipinski definition) is 0. The van der Waals surface area contributed by atoms with Gasteiger partial charge in [0.2, 0.25) is 0 Å². The lowest BCUT2D eigenvalue weighted by molar-refractivity contribution is 0.179. The summed E-state index contributed by atoms with van der Waals surface area (Å²) in [6, 6.07) is 0. The molecule has 1 saturated heterocycles. The van der Waals surface area contributed by atoms with Crippen molar-refractivity contribution in [3.8, 4) is 0 Å². The Balaban J connectivity index is 1.98. The van der Waals surface area contributed by atoms with Gasteiger partial charge in [-0.25, -0.2) is 0 Å². The predicted molar refractivity (Wildman–Crippen MR) is 67.1 cm³/mol. The SMILES string of the molecule is CCC1CCN(CCCCCBr)CC1. The molecule has 0 unspecified atom stereocenters. The van der Waals surface area contributed by atoms with E-state index in [1.807, 2.05) is 0 Å². The van der Waals surface area contributed by atoms with Gasteiger partial charge in [0.15, 0.2) is 0 Å². The molecule has 0 amide bonds. The highest BCUT2D eigenvalue weighted by Gasteiger charge is 2.16. The lowest BCUT2D eigenvalue weighted by Crippen LogP contribution is -2.34. The maximum Gasteiger partial charge on any atom is 0.00313 e. The van der Waals surface area contributed by atoms with Crippen molar-refractivity contribution in [2.75, 3.05) is 25.0 Å². The summed E-state index contributed by atoms with van der Waals surface area (Å²) in [4.78, 5) is 2.65. The van der Waals surface area contributed by atoms with Crippen molar-refractivity contribution in [3.05, 3.63) is 0 Å². The summed E-state index contributed by atoms with van der Waals surface area (Å²) in [6.07, 6.45) is 8.38. The van der Waals surface area contributed by atoms with Gasteiger partial charge in [-0.05, 0) is 51.2 Å². The monoisotopic (exact) mass is 261 g/mol. The smallest absolute Gasteiger partial charge is 0.00313 e. The van der Waals surface area contributed by atoms with E-state index in [-0.39, 0.29) is 0 Å². The van der Waals surface area contributed by atoms with Gasteiger partial charge in [-0.1, -0.05) is 35.7 Å². The Kier molecular flexibility index (Phi) is 6.88. The van der Waals surface area contributed by atoms with Gasteiger partial charge in [0.1, 0.15) is 0 Å². The van der Waals surface area contributed by atoms with Crippen LogP contribution >= 0.6 is 15.9 Å². The summed E-state index contributed by atoms with van der Waals surface area (Å²) in [6.45, 7) is 6.37. The summed E-state index contributed by atoms with van der Waals surface area (Å²) in [7, 11) is 0. The van der Waals surface area contributed by atoms with E-state index in [1.165, 1.54) is 63.5 Å². The predicted octanol–water partition coefficient (Wildman–Crippen LogP) is 3.67. The van der Waals surface area contributed by atoms with Crippen molar-refractivity contribution in [2.45, 2.75) is 45.4 Å². The van der Waals surface area contributed by atoms with Crippen LogP contribution in [0.25, 0.3) is 0 Å². The summed E-state index contributed by atoms with van der Waals surface area (Å²) in [5, 5.41) is 1.17. The third-order valence-corrected chi connectivity index (χ3v) is 3.95. The highest BCUT2D eigenvalue weighted by atomic mass is 79.9. The molecular formula is C12H24BrN. The second-order valence-electron chi connectivity index (χ2n) is 4.44. The van der Waals surface area contributed by atoms with Gasteiger partial charge < -0.3 is 4.90 Å². The maximum atomic E-state index is 3.48. The molecule has 1 fully saturated rings. The van der Waals surface area contributed by atoms with Gasteiger partial charge in [-0.15, -0.1) is 0 Å². The van der Waals surface area contributed by atoms with Crippen LogP contribution in [0.3, 0.4) is 0 Å². The minimum absolute atomic E-state index is 1.02. The standard InChI is InChI=1S/C12H24BrN/c1-2-12-6-10-14(11-7-12)9-5-3-4-8-13/h12H,2-11H2,1H3. The molecule has 84 valence electrons. The minimum Gasteiger partial charge on any atom is -0.303 e. The summed E-state index contributed by atoms with van der Waals surface area (Å²) >= 11 is 3.48. The number of alkyl halides is 1. The molecule has 0 radical (unpaired) electrons. The Bertz CT molecular complexity index is 130. The number of likely N-dealkylation sites (tertiary alicyclic amines) is 1. The first-order valence-electron chi connectivity index (χ1n) is 6.15. The summed E-state index contributed by atoms with van der Waals surface area (Å²) in [5.41, 5.74) is 0. The number of rotatable bonds is 6.